The predicted octanol–water partition coefficient (Wildman–Crippen LogP) is 2.45. The maximum Gasteiger partial charge on any atom is 0.255 e. The Labute approximate surface area is 132 Å². The van der Waals surface area contributed by atoms with E-state index in [1.54, 1.807) is 4.90 Å². The molecule has 0 spiro atoms. The van der Waals surface area contributed by atoms with Gasteiger partial charge in [-0.25, -0.2) is 4.39 Å². The lowest BCUT2D eigenvalue weighted by Crippen LogP contribution is -2.47. The summed E-state index contributed by atoms with van der Waals surface area (Å²) in [6.45, 7) is 1.17. The van der Waals surface area contributed by atoms with Crippen molar-refractivity contribution >= 4 is 29.1 Å². The van der Waals surface area contributed by atoms with Crippen molar-refractivity contribution in [1.29, 1.82) is 0 Å². The van der Waals surface area contributed by atoms with Gasteiger partial charge in [-0.15, -0.1) is 0 Å². The third-order valence-corrected chi connectivity index (χ3v) is 4.43. The van der Waals surface area contributed by atoms with E-state index < -0.39 is 11.4 Å². The largest absolute Gasteiger partial charge is 0.390 e. The second-order valence-corrected chi connectivity index (χ2v) is 6.12. The highest BCUT2D eigenvalue weighted by Crippen LogP contribution is 2.29. The Kier molecular flexibility index (Phi) is 5.09. The maximum atomic E-state index is 13.5. The van der Waals surface area contributed by atoms with Gasteiger partial charge in [0.2, 0.25) is 0 Å². The smallest absolute Gasteiger partial charge is 0.255 e. The highest BCUT2D eigenvalue weighted by Gasteiger charge is 2.34. The number of hydrogen-bond donors (Lipinski definition) is 2. The van der Waals surface area contributed by atoms with Crippen LogP contribution in [0.3, 0.4) is 0 Å². The lowest BCUT2D eigenvalue weighted by Gasteiger charge is -2.38. The number of amides is 1. The number of carbonyl (C=O) groups excluding carboxylic acids is 1. The zero-order chi connectivity index (χ0) is 15.6. The van der Waals surface area contributed by atoms with E-state index in [1.807, 2.05) is 0 Å². The molecule has 0 aliphatic carbocycles. The summed E-state index contributed by atoms with van der Waals surface area (Å²) in [6, 6.07) is 2.27. The normalized spacial score (nSPS) is 17.9. The first-order chi connectivity index (χ1) is 9.86. The van der Waals surface area contributed by atoms with Gasteiger partial charge in [0.05, 0.1) is 21.2 Å². The molecule has 1 aliphatic rings. The molecule has 4 nitrogen and oxygen atoms in total. The van der Waals surface area contributed by atoms with E-state index in [0.717, 1.165) is 6.07 Å². The number of nitrogens with two attached hydrogens (primary N) is 1. The molecule has 3 N–H and O–H groups in total. The molecule has 0 unspecified atom stereocenters. The van der Waals surface area contributed by atoms with E-state index in [2.05, 4.69) is 0 Å². The van der Waals surface area contributed by atoms with Crippen LogP contribution < -0.4 is 5.73 Å². The van der Waals surface area contributed by atoms with Crippen molar-refractivity contribution in [3.63, 3.8) is 0 Å². The standard InChI is InChI=1S/C14H17Cl2FN2O2/c15-10-8-11(16)12(17)7-9(10)13(20)19-5-2-14(21,1-4-18)3-6-19/h7-8,21H,1-6,18H2. The number of carbonyl (C=O) groups is 1. The molecular weight excluding hydrogens is 318 g/mol. The van der Waals surface area contributed by atoms with Crippen LogP contribution in [-0.2, 0) is 0 Å². The molecule has 0 saturated carbocycles. The van der Waals surface area contributed by atoms with Crippen molar-refractivity contribution in [3.8, 4) is 0 Å². The predicted molar refractivity (Wildman–Crippen MR) is 80.2 cm³/mol. The van der Waals surface area contributed by atoms with E-state index in [4.69, 9.17) is 28.9 Å². The summed E-state index contributed by atoms with van der Waals surface area (Å²) in [6.07, 6.45) is 1.40. The van der Waals surface area contributed by atoms with E-state index >= 15 is 0 Å². The van der Waals surface area contributed by atoms with E-state index in [0.29, 0.717) is 38.9 Å². The Hall–Kier alpha value is -0.880. The molecule has 0 bridgehead atoms. The Morgan fingerprint density at radius 1 is 1.33 bits per heavy atom. The quantitative estimate of drug-likeness (QED) is 0.834. The van der Waals surface area contributed by atoms with Crippen molar-refractivity contribution in [2.24, 2.45) is 5.73 Å². The molecule has 1 aromatic rings. The lowest BCUT2D eigenvalue weighted by molar-refractivity contribution is -0.0209. The summed E-state index contributed by atoms with van der Waals surface area (Å²) in [4.78, 5) is 13.9. The van der Waals surface area contributed by atoms with Crippen LogP contribution in [0, 0.1) is 5.82 Å². The van der Waals surface area contributed by atoms with Crippen LogP contribution in [0.1, 0.15) is 29.6 Å². The maximum absolute atomic E-state index is 13.5. The summed E-state index contributed by atoms with van der Waals surface area (Å²) < 4.78 is 13.5. The molecule has 1 amide bonds. The van der Waals surface area contributed by atoms with Crippen LogP contribution in [0.2, 0.25) is 10.0 Å². The molecule has 0 radical (unpaired) electrons. The molecule has 21 heavy (non-hydrogen) atoms. The van der Waals surface area contributed by atoms with Crippen molar-refractivity contribution in [3.05, 3.63) is 33.6 Å². The summed E-state index contributed by atoms with van der Waals surface area (Å²) in [5.74, 6) is -1.04. The minimum absolute atomic E-state index is 0.0860. The van der Waals surface area contributed by atoms with E-state index in [1.165, 1.54) is 6.07 Å². The van der Waals surface area contributed by atoms with E-state index in [-0.39, 0.29) is 21.5 Å². The first-order valence-electron chi connectivity index (χ1n) is 6.72. The molecule has 1 fully saturated rings. The van der Waals surface area contributed by atoms with Gasteiger partial charge in [-0.2, -0.15) is 0 Å². The van der Waals surface area contributed by atoms with E-state index in [9.17, 15) is 14.3 Å². The summed E-state index contributed by atoms with van der Waals surface area (Å²) in [5.41, 5.74) is 4.74. The van der Waals surface area contributed by atoms with Crippen molar-refractivity contribution in [1.82, 2.24) is 4.90 Å². The average Bonchev–Trinajstić information content (AvgIpc) is 2.43. The van der Waals surface area contributed by atoms with Crippen molar-refractivity contribution in [2.45, 2.75) is 24.9 Å². The molecule has 1 heterocycles. The highest BCUT2D eigenvalue weighted by molar-refractivity contribution is 6.36. The van der Waals surface area contributed by atoms with Gasteiger partial charge in [0.25, 0.3) is 5.91 Å². The van der Waals surface area contributed by atoms with Gasteiger partial charge in [0.1, 0.15) is 5.82 Å². The molecule has 0 atom stereocenters. The Bertz CT molecular complexity index is 546. The minimum Gasteiger partial charge on any atom is -0.390 e. The first kappa shape index (κ1) is 16.5. The van der Waals surface area contributed by atoms with Crippen LogP contribution in [0.25, 0.3) is 0 Å². The fourth-order valence-electron chi connectivity index (χ4n) is 2.50. The Morgan fingerprint density at radius 3 is 2.52 bits per heavy atom. The van der Waals surface area contributed by atoms with Crippen molar-refractivity contribution < 1.29 is 14.3 Å². The molecule has 0 aromatic heterocycles. The van der Waals surface area contributed by atoms with Gasteiger partial charge in [0, 0.05) is 13.1 Å². The monoisotopic (exact) mass is 334 g/mol. The first-order valence-corrected chi connectivity index (χ1v) is 7.48. The number of aliphatic hydroxyl groups is 1. The fourth-order valence-corrected chi connectivity index (χ4v) is 2.97. The average molecular weight is 335 g/mol. The van der Waals surface area contributed by atoms with Gasteiger partial charge in [-0.1, -0.05) is 23.2 Å². The number of rotatable bonds is 3. The Balaban J connectivity index is 2.11. The van der Waals surface area contributed by atoms with Gasteiger partial charge in [-0.05, 0) is 37.9 Å². The minimum atomic E-state index is -0.819. The Morgan fingerprint density at radius 2 is 1.95 bits per heavy atom. The third-order valence-electron chi connectivity index (χ3n) is 3.83. The van der Waals surface area contributed by atoms with Gasteiger partial charge in [0.15, 0.2) is 0 Å². The van der Waals surface area contributed by atoms with Crippen LogP contribution in [0.4, 0.5) is 4.39 Å². The number of nitrogens with zero attached hydrogens (tertiary/aromatic N) is 1. The number of benzene rings is 1. The summed E-state index contributed by atoms with van der Waals surface area (Å²) >= 11 is 11.6. The molecule has 7 heteroatoms. The zero-order valence-corrected chi connectivity index (χ0v) is 12.9. The topological polar surface area (TPSA) is 66.6 Å². The molecule has 1 aliphatic heterocycles. The van der Waals surface area contributed by atoms with Crippen LogP contribution in [0.5, 0.6) is 0 Å². The molecule has 1 aromatic carbocycles. The highest BCUT2D eigenvalue weighted by atomic mass is 35.5. The van der Waals surface area contributed by atoms with Gasteiger partial charge in [-0.3, -0.25) is 4.79 Å². The SMILES string of the molecule is NCCC1(O)CCN(C(=O)c2cc(F)c(Cl)cc2Cl)CC1. The number of piperidine rings is 1. The lowest BCUT2D eigenvalue weighted by atomic mass is 9.88. The zero-order valence-electron chi connectivity index (χ0n) is 11.4. The number of hydrogen-bond acceptors (Lipinski definition) is 3. The number of halogens is 3. The van der Waals surface area contributed by atoms with Crippen molar-refractivity contribution in [2.75, 3.05) is 19.6 Å². The second kappa shape index (κ2) is 6.48. The van der Waals surface area contributed by atoms with Crippen LogP contribution in [-0.4, -0.2) is 41.1 Å². The fraction of sp³-hybridized carbons (Fsp3) is 0.500. The second-order valence-electron chi connectivity index (χ2n) is 5.30. The number of likely N-dealkylation sites (tertiary alicyclic amines) is 1. The summed E-state index contributed by atoms with van der Waals surface area (Å²) in [7, 11) is 0. The molecule has 2 rings (SSSR count). The summed E-state index contributed by atoms with van der Waals surface area (Å²) in [5, 5.41) is 10.3. The molecule has 1 saturated heterocycles. The van der Waals surface area contributed by atoms with Crippen LogP contribution in [0.15, 0.2) is 12.1 Å². The molecular formula is C14H17Cl2FN2O2. The van der Waals surface area contributed by atoms with Gasteiger partial charge < -0.3 is 15.7 Å². The van der Waals surface area contributed by atoms with Gasteiger partial charge >= 0.3 is 0 Å². The van der Waals surface area contributed by atoms with Crippen LogP contribution >= 0.6 is 23.2 Å². The molecule has 116 valence electrons. The third kappa shape index (κ3) is 3.66.